The highest BCUT2D eigenvalue weighted by atomic mass is 35.5. The van der Waals surface area contributed by atoms with Gasteiger partial charge in [0.15, 0.2) is 5.82 Å². The third-order valence-electron chi connectivity index (χ3n) is 4.27. The van der Waals surface area contributed by atoms with Crippen LogP contribution in [0.5, 0.6) is 0 Å². The molecule has 0 N–H and O–H groups in total. The molecule has 0 saturated carbocycles. The first-order chi connectivity index (χ1) is 10.2. The summed E-state index contributed by atoms with van der Waals surface area (Å²) in [5, 5.41) is 0. The van der Waals surface area contributed by atoms with E-state index in [1.165, 1.54) is 19.4 Å². The van der Waals surface area contributed by atoms with Crippen molar-refractivity contribution in [2.75, 3.05) is 38.6 Å². The van der Waals surface area contributed by atoms with Gasteiger partial charge in [-0.1, -0.05) is 6.07 Å². The molecule has 0 atom stereocenters. The van der Waals surface area contributed by atoms with Crippen LogP contribution < -0.4 is 4.90 Å². The molecule has 114 valence electrons. The highest BCUT2D eigenvalue weighted by Crippen LogP contribution is 2.28. The summed E-state index contributed by atoms with van der Waals surface area (Å²) in [5.41, 5.74) is 2.09. The number of anilines is 1. The van der Waals surface area contributed by atoms with Crippen LogP contribution in [0.3, 0.4) is 0 Å². The zero-order valence-electron chi connectivity index (χ0n) is 12.8. The standard InChI is InChI=1S/C16H23ClN4/c1-19(2)12-13-6-9-20(10-7-13)16-14(11-17)21-8-4-3-5-15(21)18-16/h3-5,8,13H,6-7,9-12H2,1-2H3. The van der Waals surface area contributed by atoms with E-state index in [9.17, 15) is 0 Å². The number of pyridine rings is 1. The van der Waals surface area contributed by atoms with Crippen LogP contribution in [-0.2, 0) is 5.88 Å². The Balaban J connectivity index is 1.79. The van der Waals surface area contributed by atoms with Gasteiger partial charge in [-0.15, -0.1) is 11.6 Å². The Bertz CT molecular complexity index is 599. The lowest BCUT2D eigenvalue weighted by Gasteiger charge is -2.33. The number of hydrogen-bond donors (Lipinski definition) is 0. The number of halogens is 1. The van der Waals surface area contributed by atoms with Gasteiger partial charge in [0.25, 0.3) is 0 Å². The fourth-order valence-electron chi connectivity index (χ4n) is 3.26. The number of piperidine rings is 1. The first-order valence-electron chi connectivity index (χ1n) is 7.60. The highest BCUT2D eigenvalue weighted by Gasteiger charge is 2.24. The third-order valence-corrected chi connectivity index (χ3v) is 4.52. The van der Waals surface area contributed by atoms with Gasteiger partial charge < -0.3 is 14.2 Å². The van der Waals surface area contributed by atoms with Gasteiger partial charge in [-0.2, -0.15) is 0 Å². The maximum Gasteiger partial charge on any atom is 0.152 e. The van der Waals surface area contributed by atoms with Gasteiger partial charge in [-0.25, -0.2) is 4.98 Å². The second-order valence-corrected chi connectivity index (χ2v) is 6.40. The maximum absolute atomic E-state index is 6.17. The molecule has 3 heterocycles. The lowest BCUT2D eigenvalue weighted by molar-refractivity contribution is 0.284. The van der Waals surface area contributed by atoms with Crippen molar-refractivity contribution in [1.82, 2.24) is 14.3 Å². The van der Waals surface area contributed by atoms with Gasteiger partial charge in [0.2, 0.25) is 0 Å². The van der Waals surface area contributed by atoms with Gasteiger partial charge in [0, 0.05) is 25.8 Å². The number of aromatic nitrogens is 2. The predicted molar refractivity (Wildman–Crippen MR) is 88.2 cm³/mol. The van der Waals surface area contributed by atoms with E-state index in [0.29, 0.717) is 5.88 Å². The van der Waals surface area contributed by atoms with E-state index in [0.717, 1.165) is 36.2 Å². The number of fused-ring (bicyclic) bond motifs is 1. The molecule has 0 unspecified atom stereocenters. The average molecular weight is 307 g/mol. The second-order valence-electron chi connectivity index (χ2n) is 6.14. The number of imidazole rings is 1. The second kappa shape index (κ2) is 6.24. The molecule has 0 spiro atoms. The van der Waals surface area contributed by atoms with Gasteiger partial charge in [0.1, 0.15) is 5.65 Å². The van der Waals surface area contributed by atoms with Crippen molar-refractivity contribution in [2.24, 2.45) is 5.92 Å². The van der Waals surface area contributed by atoms with E-state index in [1.807, 2.05) is 24.4 Å². The van der Waals surface area contributed by atoms with Crippen LogP contribution in [0.15, 0.2) is 24.4 Å². The van der Waals surface area contributed by atoms with Crippen LogP contribution in [0, 0.1) is 5.92 Å². The Morgan fingerprint density at radius 3 is 2.71 bits per heavy atom. The van der Waals surface area contributed by atoms with Crippen molar-refractivity contribution in [1.29, 1.82) is 0 Å². The molecule has 21 heavy (non-hydrogen) atoms. The van der Waals surface area contributed by atoms with E-state index in [2.05, 4.69) is 28.3 Å². The Morgan fingerprint density at radius 2 is 2.05 bits per heavy atom. The van der Waals surface area contributed by atoms with Gasteiger partial charge in [0.05, 0.1) is 11.6 Å². The fourth-order valence-corrected chi connectivity index (χ4v) is 3.50. The topological polar surface area (TPSA) is 23.8 Å². The molecule has 0 aromatic carbocycles. The van der Waals surface area contributed by atoms with Crippen LogP contribution in [0.25, 0.3) is 5.65 Å². The largest absolute Gasteiger partial charge is 0.355 e. The van der Waals surface area contributed by atoms with Crippen molar-refractivity contribution in [2.45, 2.75) is 18.7 Å². The fraction of sp³-hybridized carbons (Fsp3) is 0.562. The quantitative estimate of drug-likeness (QED) is 0.812. The molecule has 1 fully saturated rings. The Labute approximate surface area is 131 Å². The zero-order chi connectivity index (χ0) is 14.8. The normalized spacial score (nSPS) is 17.0. The molecule has 0 amide bonds. The molecule has 4 nitrogen and oxygen atoms in total. The van der Waals surface area contributed by atoms with Crippen molar-refractivity contribution in [3.63, 3.8) is 0 Å². The summed E-state index contributed by atoms with van der Waals surface area (Å²) in [6.07, 6.45) is 4.50. The summed E-state index contributed by atoms with van der Waals surface area (Å²) in [5.74, 6) is 2.37. The molecular weight excluding hydrogens is 284 g/mol. The van der Waals surface area contributed by atoms with Gasteiger partial charge >= 0.3 is 0 Å². The smallest absolute Gasteiger partial charge is 0.152 e. The van der Waals surface area contributed by atoms with Crippen LogP contribution in [0.2, 0.25) is 0 Å². The summed E-state index contributed by atoms with van der Waals surface area (Å²) < 4.78 is 2.11. The monoisotopic (exact) mass is 306 g/mol. The van der Waals surface area contributed by atoms with E-state index in [1.54, 1.807) is 0 Å². The summed E-state index contributed by atoms with van der Waals surface area (Å²) >= 11 is 6.17. The van der Waals surface area contributed by atoms with E-state index >= 15 is 0 Å². The summed E-state index contributed by atoms with van der Waals surface area (Å²) in [6.45, 7) is 3.33. The molecular formula is C16H23ClN4. The zero-order valence-corrected chi connectivity index (χ0v) is 13.6. The molecule has 2 aromatic rings. The van der Waals surface area contributed by atoms with E-state index in [4.69, 9.17) is 16.6 Å². The summed E-state index contributed by atoms with van der Waals surface area (Å²) in [4.78, 5) is 9.47. The summed E-state index contributed by atoms with van der Waals surface area (Å²) in [7, 11) is 4.31. The molecule has 0 radical (unpaired) electrons. The minimum atomic E-state index is 0.498. The number of nitrogens with zero attached hydrogens (tertiary/aromatic N) is 4. The lowest BCUT2D eigenvalue weighted by atomic mass is 9.96. The lowest BCUT2D eigenvalue weighted by Crippen LogP contribution is -2.37. The first kappa shape index (κ1) is 14.7. The molecule has 1 saturated heterocycles. The van der Waals surface area contributed by atoms with Crippen molar-refractivity contribution in [3.05, 3.63) is 30.1 Å². The van der Waals surface area contributed by atoms with Crippen molar-refractivity contribution < 1.29 is 0 Å². The number of alkyl halides is 1. The molecule has 0 bridgehead atoms. The Kier molecular flexibility index (Phi) is 4.36. The Morgan fingerprint density at radius 1 is 1.29 bits per heavy atom. The minimum absolute atomic E-state index is 0.498. The molecule has 2 aromatic heterocycles. The van der Waals surface area contributed by atoms with Crippen molar-refractivity contribution >= 4 is 23.1 Å². The van der Waals surface area contributed by atoms with Crippen LogP contribution in [0.4, 0.5) is 5.82 Å². The number of rotatable bonds is 4. The van der Waals surface area contributed by atoms with Crippen LogP contribution >= 0.6 is 11.6 Å². The molecule has 3 rings (SSSR count). The predicted octanol–water partition coefficient (Wildman–Crippen LogP) is 2.85. The summed E-state index contributed by atoms with van der Waals surface area (Å²) in [6, 6.07) is 6.09. The Hall–Kier alpha value is -1.26. The maximum atomic E-state index is 6.17. The van der Waals surface area contributed by atoms with E-state index < -0.39 is 0 Å². The van der Waals surface area contributed by atoms with E-state index in [-0.39, 0.29) is 0 Å². The third kappa shape index (κ3) is 3.01. The minimum Gasteiger partial charge on any atom is -0.355 e. The SMILES string of the molecule is CN(C)CC1CCN(c2nc3ccccn3c2CCl)CC1. The number of hydrogen-bond acceptors (Lipinski definition) is 3. The highest BCUT2D eigenvalue weighted by molar-refractivity contribution is 6.17. The first-order valence-corrected chi connectivity index (χ1v) is 8.14. The molecule has 1 aliphatic heterocycles. The van der Waals surface area contributed by atoms with Gasteiger partial charge in [-0.05, 0) is 45.0 Å². The van der Waals surface area contributed by atoms with Crippen LogP contribution in [0.1, 0.15) is 18.5 Å². The van der Waals surface area contributed by atoms with Gasteiger partial charge in [-0.3, -0.25) is 0 Å². The molecule has 5 heteroatoms. The molecule has 0 aliphatic carbocycles. The molecule has 1 aliphatic rings. The van der Waals surface area contributed by atoms with Crippen molar-refractivity contribution in [3.8, 4) is 0 Å². The van der Waals surface area contributed by atoms with Crippen LogP contribution in [-0.4, -0.2) is 48.0 Å². The average Bonchev–Trinajstić information content (AvgIpc) is 2.86.